The minimum atomic E-state index is -1.54. The summed E-state index contributed by atoms with van der Waals surface area (Å²) in [5.41, 5.74) is -0.00244. The van der Waals surface area contributed by atoms with Crippen LogP contribution in [0.1, 0.15) is 25.7 Å². The molecule has 1 aliphatic heterocycles. The van der Waals surface area contributed by atoms with E-state index in [9.17, 15) is 18.0 Å². The Hall–Kier alpha value is -2.17. The van der Waals surface area contributed by atoms with E-state index >= 15 is 0 Å². The first-order valence-electron chi connectivity index (χ1n) is 9.03. The van der Waals surface area contributed by atoms with Gasteiger partial charge in [-0.2, -0.15) is 4.98 Å². The third kappa shape index (κ3) is 5.68. The Labute approximate surface area is 171 Å². The average molecular weight is 435 g/mol. The Balaban J connectivity index is 0.00000300. The van der Waals surface area contributed by atoms with Crippen LogP contribution in [-0.4, -0.2) is 63.2 Å². The molecule has 0 unspecified atom stereocenters. The number of aliphatic carboxylic acids is 1. The van der Waals surface area contributed by atoms with Gasteiger partial charge >= 0.3 is 5.97 Å². The normalized spacial score (nSPS) is 15.5. The summed E-state index contributed by atoms with van der Waals surface area (Å²) in [5.74, 6) is -4.73. The maximum atomic E-state index is 13.4. The lowest BCUT2D eigenvalue weighted by Crippen LogP contribution is -2.46. The summed E-state index contributed by atoms with van der Waals surface area (Å²) in [7, 11) is 0. The van der Waals surface area contributed by atoms with Crippen LogP contribution in [0, 0.1) is 17.5 Å². The maximum Gasteiger partial charge on any atom is 0.317 e. The monoisotopic (exact) mass is 434 g/mol. The number of aromatic nitrogens is 2. The summed E-state index contributed by atoms with van der Waals surface area (Å²) in [6.45, 7) is 4.48. The first-order chi connectivity index (χ1) is 13.4. The lowest BCUT2D eigenvalue weighted by molar-refractivity contribution is -0.139. The van der Waals surface area contributed by atoms with E-state index in [4.69, 9.17) is 9.63 Å². The van der Waals surface area contributed by atoms with Crippen molar-refractivity contribution < 1.29 is 27.6 Å². The van der Waals surface area contributed by atoms with Gasteiger partial charge in [0.05, 0.1) is 13.1 Å². The van der Waals surface area contributed by atoms with Gasteiger partial charge in [-0.15, -0.1) is 12.4 Å². The van der Waals surface area contributed by atoms with Gasteiger partial charge in [0, 0.05) is 24.7 Å². The number of likely N-dealkylation sites (N-methyl/N-ethyl adjacent to an activating group) is 1. The molecule has 0 saturated carbocycles. The van der Waals surface area contributed by atoms with Crippen LogP contribution in [0.5, 0.6) is 0 Å². The van der Waals surface area contributed by atoms with Gasteiger partial charge in [-0.05, 0) is 31.5 Å². The number of carbonyl (C=O) groups is 1. The molecule has 7 nitrogen and oxygen atoms in total. The number of carboxylic acid groups (broad SMARTS) is 1. The van der Waals surface area contributed by atoms with Gasteiger partial charge in [0.1, 0.15) is 0 Å². The molecule has 11 heteroatoms. The molecule has 1 aromatic carbocycles. The lowest BCUT2D eigenvalue weighted by Gasteiger charge is -2.36. The van der Waals surface area contributed by atoms with Crippen LogP contribution in [0.15, 0.2) is 16.7 Å². The maximum absolute atomic E-state index is 13.4. The molecule has 1 aromatic heterocycles. The molecule has 0 radical (unpaired) electrons. The summed E-state index contributed by atoms with van der Waals surface area (Å²) < 4.78 is 44.9. The van der Waals surface area contributed by atoms with Crippen molar-refractivity contribution in [1.29, 1.82) is 0 Å². The summed E-state index contributed by atoms with van der Waals surface area (Å²) in [6, 6.07) is 1.85. The molecule has 0 atom stereocenters. The molecule has 1 aliphatic rings. The molecule has 160 valence electrons. The molecule has 29 heavy (non-hydrogen) atoms. The predicted octanol–water partition coefficient (Wildman–Crippen LogP) is 2.95. The van der Waals surface area contributed by atoms with Gasteiger partial charge < -0.3 is 9.63 Å². The molecule has 1 N–H and O–H groups in total. The molecule has 0 bridgehead atoms. The fraction of sp³-hybridized carbons (Fsp3) is 0.500. The standard InChI is InChI=1S/C18H21F3N4O3.ClH/c1-2-25(10-16(26)27)12-3-5-24(6-4-12)9-15-22-18(23-28-15)11-7-13(19)17(21)14(20)8-11;/h7-8,12H,2-6,9-10H2,1H3,(H,26,27);1H. The minimum Gasteiger partial charge on any atom is -0.480 e. The van der Waals surface area contributed by atoms with E-state index < -0.39 is 23.4 Å². The number of halogens is 4. The first kappa shape index (κ1) is 23.1. The van der Waals surface area contributed by atoms with E-state index in [1.165, 1.54) is 0 Å². The van der Waals surface area contributed by atoms with Gasteiger partial charge in [0.2, 0.25) is 11.7 Å². The summed E-state index contributed by atoms with van der Waals surface area (Å²) in [5, 5.41) is 12.7. The van der Waals surface area contributed by atoms with Crippen LogP contribution in [0.4, 0.5) is 13.2 Å². The second-order valence-electron chi connectivity index (χ2n) is 6.73. The van der Waals surface area contributed by atoms with Crippen molar-refractivity contribution in [2.45, 2.75) is 32.4 Å². The molecular formula is C18H22ClF3N4O3. The summed E-state index contributed by atoms with van der Waals surface area (Å²) in [6.07, 6.45) is 1.63. The number of hydrogen-bond acceptors (Lipinski definition) is 6. The van der Waals surface area contributed by atoms with Crippen molar-refractivity contribution >= 4 is 18.4 Å². The highest BCUT2D eigenvalue weighted by Crippen LogP contribution is 2.23. The fourth-order valence-electron chi connectivity index (χ4n) is 3.43. The van der Waals surface area contributed by atoms with Crippen LogP contribution in [0.25, 0.3) is 11.4 Å². The van der Waals surface area contributed by atoms with Crippen LogP contribution in [0.2, 0.25) is 0 Å². The Morgan fingerprint density at radius 1 is 1.28 bits per heavy atom. The lowest BCUT2D eigenvalue weighted by atomic mass is 10.0. The minimum absolute atomic E-state index is 0. The van der Waals surface area contributed by atoms with Crippen molar-refractivity contribution in [2.24, 2.45) is 0 Å². The van der Waals surface area contributed by atoms with Crippen molar-refractivity contribution in [1.82, 2.24) is 19.9 Å². The van der Waals surface area contributed by atoms with Crippen LogP contribution >= 0.6 is 12.4 Å². The quantitative estimate of drug-likeness (QED) is 0.671. The van der Waals surface area contributed by atoms with Crippen molar-refractivity contribution in [2.75, 3.05) is 26.2 Å². The Kier molecular flexibility index (Phi) is 8.00. The van der Waals surface area contributed by atoms with Crippen LogP contribution in [0.3, 0.4) is 0 Å². The molecule has 2 aromatic rings. The molecular weight excluding hydrogens is 413 g/mol. The highest BCUT2D eigenvalue weighted by molar-refractivity contribution is 5.85. The summed E-state index contributed by atoms with van der Waals surface area (Å²) >= 11 is 0. The number of piperidine rings is 1. The second-order valence-corrected chi connectivity index (χ2v) is 6.73. The number of carboxylic acids is 1. The molecule has 1 fully saturated rings. The smallest absolute Gasteiger partial charge is 0.317 e. The molecule has 3 rings (SSSR count). The molecule has 0 aliphatic carbocycles. The largest absolute Gasteiger partial charge is 0.480 e. The zero-order chi connectivity index (χ0) is 20.3. The first-order valence-corrected chi connectivity index (χ1v) is 9.03. The average Bonchev–Trinajstić information content (AvgIpc) is 3.13. The number of rotatable bonds is 7. The van der Waals surface area contributed by atoms with Gasteiger partial charge in [0.25, 0.3) is 0 Å². The highest BCUT2D eigenvalue weighted by atomic mass is 35.5. The van der Waals surface area contributed by atoms with Crippen molar-refractivity contribution in [3.05, 3.63) is 35.5 Å². The van der Waals surface area contributed by atoms with E-state index in [1.807, 2.05) is 11.8 Å². The third-order valence-corrected chi connectivity index (χ3v) is 4.89. The number of likely N-dealkylation sites (tertiary alicyclic amines) is 1. The van der Waals surface area contributed by atoms with Crippen LogP contribution in [-0.2, 0) is 11.3 Å². The van der Waals surface area contributed by atoms with Crippen molar-refractivity contribution in [3.8, 4) is 11.4 Å². The van der Waals surface area contributed by atoms with Crippen molar-refractivity contribution in [3.63, 3.8) is 0 Å². The van der Waals surface area contributed by atoms with E-state index in [-0.39, 0.29) is 42.3 Å². The van der Waals surface area contributed by atoms with E-state index in [2.05, 4.69) is 15.0 Å². The van der Waals surface area contributed by atoms with Gasteiger partial charge in [-0.1, -0.05) is 12.1 Å². The van der Waals surface area contributed by atoms with E-state index in [0.717, 1.165) is 38.1 Å². The van der Waals surface area contributed by atoms with Crippen LogP contribution < -0.4 is 0 Å². The Bertz CT molecular complexity index is 821. The van der Waals surface area contributed by atoms with E-state index in [1.54, 1.807) is 0 Å². The number of benzene rings is 1. The highest BCUT2D eigenvalue weighted by Gasteiger charge is 2.26. The molecule has 0 spiro atoms. The Morgan fingerprint density at radius 2 is 1.90 bits per heavy atom. The SMILES string of the molecule is CCN(CC(=O)O)C1CCN(Cc2nc(-c3cc(F)c(F)c(F)c3)no2)CC1.Cl. The second kappa shape index (κ2) is 10.0. The topological polar surface area (TPSA) is 82.7 Å². The summed E-state index contributed by atoms with van der Waals surface area (Å²) in [4.78, 5) is 19.1. The van der Waals surface area contributed by atoms with E-state index in [0.29, 0.717) is 13.1 Å². The molecule has 1 saturated heterocycles. The van der Waals surface area contributed by atoms with Gasteiger partial charge in [-0.3, -0.25) is 14.6 Å². The zero-order valence-corrected chi connectivity index (χ0v) is 16.6. The zero-order valence-electron chi connectivity index (χ0n) is 15.8. The third-order valence-electron chi connectivity index (χ3n) is 4.89. The number of nitrogens with zero attached hydrogens (tertiary/aromatic N) is 4. The van der Waals surface area contributed by atoms with Gasteiger partial charge in [-0.25, -0.2) is 13.2 Å². The fourth-order valence-corrected chi connectivity index (χ4v) is 3.43. The van der Waals surface area contributed by atoms with Gasteiger partial charge in [0.15, 0.2) is 17.5 Å². The molecule has 2 heterocycles. The predicted molar refractivity (Wildman–Crippen MR) is 100 cm³/mol. The molecule has 0 amide bonds. The number of hydrogen-bond donors (Lipinski definition) is 1. The Morgan fingerprint density at radius 3 is 2.45 bits per heavy atom.